The van der Waals surface area contributed by atoms with E-state index in [1.165, 1.54) is 11.3 Å². The van der Waals surface area contributed by atoms with Crippen LogP contribution in [0.1, 0.15) is 24.1 Å². The minimum Gasteiger partial charge on any atom is -0.491 e. The van der Waals surface area contributed by atoms with Gasteiger partial charge in [-0.05, 0) is 19.1 Å². The van der Waals surface area contributed by atoms with Crippen molar-refractivity contribution in [2.75, 3.05) is 13.2 Å². The Hall–Kier alpha value is -1.88. The Bertz CT molecular complexity index is 538. The molecular formula is C14H18N4O. The third-order valence-corrected chi connectivity index (χ3v) is 3.49. The Balaban J connectivity index is 1.72. The number of ether oxygens (including phenoxy) is 1. The molecule has 0 unspecified atom stereocenters. The highest BCUT2D eigenvalue weighted by Crippen LogP contribution is 2.24. The third-order valence-electron chi connectivity index (χ3n) is 3.49. The highest BCUT2D eigenvalue weighted by atomic mass is 16.5. The summed E-state index contributed by atoms with van der Waals surface area (Å²) < 4.78 is 7.86. The van der Waals surface area contributed by atoms with E-state index in [1.807, 2.05) is 18.3 Å². The summed E-state index contributed by atoms with van der Waals surface area (Å²) >= 11 is 0. The van der Waals surface area contributed by atoms with Gasteiger partial charge in [0.25, 0.3) is 0 Å². The predicted octanol–water partition coefficient (Wildman–Crippen LogP) is 1.56. The summed E-state index contributed by atoms with van der Waals surface area (Å²) in [4.78, 5) is 4.05. The van der Waals surface area contributed by atoms with Gasteiger partial charge in [0.1, 0.15) is 5.75 Å². The number of pyridine rings is 1. The van der Waals surface area contributed by atoms with Crippen molar-refractivity contribution in [3.8, 4) is 5.75 Å². The van der Waals surface area contributed by atoms with E-state index in [9.17, 15) is 0 Å². The minimum atomic E-state index is 0.351. The zero-order valence-corrected chi connectivity index (χ0v) is 11.0. The molecule has 0 amide bonds. The Labute approximate surface area is 112 Å². The number of aromatic nitrogens is 3. The lowest BCUT2D eigenvalue weighted by molar-refractivity contribution is 0.276. The summed E-state index contributed by atoms with van der Waals surface area (Å²) in [7, 11) is 0. The van der Waals surface area contributed by atoms with Gasteiger partial charge in [-0.15, -0.1) is 0 Å². The van der Waals surface area contributed by atoms with Crippen molar-refractivity contribution in [3.05, 3.63) is 42.0 Å². The lowest BCUT2D eigenvalue weighted by atomic mass is 9.97. The second-order valence-corrected chi connectivity index (χ2v) is 4.69. The van der Waals surface area contributed by atoms with Crippen LogP contribution in [-0.4, -0.2) is 27.9 Å². The standard InChI is InChI=1S/C14H18N4O/c1-2-18-14-9-16-6-11(13(14)8-17-18)10-19-12-4-3-5-15-7-12/h3-5,7-8,11,16H,2,6,9-10H2,1H3/t11-/m1/s1. The van der Waals surface area contributed by atoms with E-state index >= 15 is 0 Å². The summed E-state index contributed by atoms with van der Waals surface area (Å²) in [5.41, 5.74) is 2.60. The van der Waals surface area contributed by atoms with Crippen molar-refractivity contribution >= 4 is 0 Å². The van der Waals surface area contributed by atoms with Gasteiger partial charge < -0.3 is 10.1 Å². The molecule has 1 atom stereocenters. The van der Waals surface area contributed by atoms with Crippen LogP contribution in [0.4, 0.5) is 0 Å². The van der Waals surface area contributed by atoms with Crippen LogP contribution in [0.5, 0.6) is 5.75 Å². The SMILES string of the molecule is CCn1ncc2c1CNC[C@@H]2COc1cccnc1. The van der Waals surface area contributed by atoms with Gasteiger partial charge in [-0.3, -0.25) is 9.67 Å². The molecule has 0 bridgehead atoms. The Kier molecular flexibility index (Phi) is 3.46. The molecule has 1 aliphatic heterocycles. The molecule has 1 N–H and O–H groups in total. The normalized spacial score (nSPS) is 18.1. The fraction of sp³-hybridized carbons (Fsp3) is 0.429. The van der Waals surface area contributed by atoms with Crippen LogP contribution in [0.3, 0.4) is 0 Å². The largest absolute Gasteiger partial charge is 0.491 e. The van der Waals surface area contributed by atoms with Crippen LogP contribution in [0, 0.1) is 0 Å². The first kappa shape index (κ1) is 12.2. The van der Waals surface area contributed by atoms with E-state index in [0.717, 1.165) is 25.4 Å². The van der Waals surface area contributed by atoms with Gasteiger partial charge >= 0.3 is 0 Å². The summed E-state index contributed by atoms with van der Waals surface area (Å²) in [6.45, 7) is 5.51. The zero-order chi connectivity index (χ0) is 13.1. The fourth-order valence-corrected chi connectivity index (χ4v) is 2.48. The minimum absolute atomic E-state index is 0.351. The van der Waals surface area contributed by atoms with Gasteiger partial charge in [0.15, 0.2) is 0 Å². The van der Waals surface area contributed by atoms with E-state index in [0.29, 0.717) is 12.5 Å². The third kappa shape index (κ3) is 2.46. The maximum atomic E-state index is 5.81. The number of aryl methyl sites for hydroxylation is 1. The summed E-state index contributed by atoms with van der Waals surface area (Å²) in [5, 5.41) is 7.86. The predicted molar refractivity (Wildman–Crippen MR) is 72.1 cm³/mol. The van der Waals surface area contributed by atoms with Gasteiger partial charge in [0, 0.05) is 37.3 Å². The van der Waals surface area contributed by atoms with E-state index in [-0.39, 0.29) is 0 Å². The first-order valence-electron chi connectivity index (χ1n) is 6.66. The highest BCUT2D eigenvalue weighted by molar-refractivity contribution is 5.26. The van der Waals surface area contributed by atoms with Gasteiger partial charge in [-0.1, -0.05) is 0 Å². The van der Waals surface area contributed by atoms with E-state index < -0.39 is 0 Å². The Morgan fingerprint density at radius 1 is 1.47 bits per heavy atom. The number of hydrogen-bond donors (Lipinski definition) is 1. The van der Waals surface area contributed by atoms with E-state index in [4.69, 9.17) is 4.74 Å². The molecule has 3 rings (SSSR count). The highest BCUT2D eigenvalue weighted by Gasteiger charge is 2.24. The fourth-order valence-electron chi connectivity index (χ4n) is 2.48. The van der Waals surface area contributed by atoms with Crippen molar-refractivity contribution in [1.29, 1.82) is 0 Å². The molecule has 19 heavy (non-hydrogen) atoms. The van der Waals surface area contributed by atoms with E-state index in [2.05, 4.69) is 27.0 Å². The molecule has 5 heteroatoms. The summed E-state index contributed by atoms with van der Waals surface area (Å²) in [5.74, 6) is 1.17. The van der Waals surface area contributed by atoms with Crippen molar-refractivity contribution in [1.82, 2.24) is 20.1 Å². The van der Waals surface area contributed by atoms with Crippen LogP contribution in [0.15, 0.2) is 30.7 Å². The second-order valence-electron chi connectivity index (χ2n) is 4.69. The van der Waals surface area contributed by atoms with E-state index in [1.54, 1.807) is 12.4 Å². The first-order chi connectivity index (χ1) is 9.38. The average molecular weight is 258 g/mol. The van der Waals surface area contributed by atoms with Crippen molar-refractivity contribution in [3.63, 3.8) is 0 Å². The molecule has 100 valence electrons. The number of nitrogens with zero attached hydrogens (tertiary/aromatic N) is 3. The molecule has 0 aliphatic carbocycles. The molecule has 3 heterocycles. The number of rotatable bonds is 4. The van der Waals surface area contributed by atoms with Crippen LogP contribution >= 0.6 is 0 Å². The molecule has 5 nitrogen and oxygen atoms in total. The van der Waals surface area contributed by atoms with Crippen LogP contribution in [-0.2, 0) is 13.1 Å². The van der Waals surface area contributed by atoms with Crippen molar-refractivity contribution < 1.29 is 4.74 Å². The molecular weight excluding hydrogens is 240 g/mol. The number of hydrogen-bond acceptors (Lipinski definition) is 4. The molecule has 2 aromatic rings. The lowest BCUT2D eigenvalue weighted by Gasteiger charge is -2.24. The van der Waals surface area contributed by atoms with Gasteiger partial charge in [-0.25, -0.2) is 0 Å². The first-order valence-corrected chi connectivity index (χ1v) is 6.66. The maximum absolute atomic E-state index is 5.81. The smallest absolute Gasteiger partial charge is 0.137 e. The van der Waals surface area contributed by atoms with Gasteiger partial charge in [0.2, 0.25) is 0 Å². The Morgan fingerprint density at radius 3 is 3.21 bits per heavy atom. The van der Waals surface area contributed by atoms with Gasteiger partial charge in [0.05, 0.1) is 24.7 Å². The number of nitrogens with one attached hydrogen (secondary N) is 1. The molecule has 0 fully saturated rings. The molecule has 0 saturated heterocycles. The lowest BCUT2D eigenvalue weighted by Crippen LogP contribution is -2.32. The van der Waals surface area contributed by atoms with Gasteiger partial charge in [-0.2, -0.15) is 5.10 Å². The summed E-state index contributed by atoms with van der Waals surface area (Å²) in [6.07, 6.45) is 5.47. The Morgan fingerprint density at radius 2 is 2.42 bits per heavy atom. The summed E-state index contributed by atoms with van der Waals surface area (Å²) in [6, 6.07) is 3.81. The van der Waals surface area contributed by atoms with Crippen molar-refractivity contribution in [2.24, 2.45) is 0 Å². The zero-order valence-electron chi connectivity index (χ0n) is 11.0. The molecule has 1 aliphatic rings. The molecule has 0 saturated carbocycles. The molecule has 2 aromatic heterocycles. The quantitative estimate of drug-likeness (QED) is 0.904. The van der Waals surface area contributed by atoms with Crippen LogP contribution in [0.25, 0.3) is 0 Å². The topological polar surface area (TPSA) is 52.0 Å². The molecule has 0 spiro atoms. The average Bonchev–Trinajstić information content (AvgIpc) is 2.90. The second kappa shape index (κ2) is 5.40. The molecule has 0 radical (unpaired) electrons. The van der Waals surface area contributed by atoms with Crippen molar-refractivity contribution in [2.45, 2.75) is 25.9 Å². The van der Waals surface area contributed by atoms with Crippen LogP contribution < -0.4 is 10.1 Å². The van der Waals surface area contributed by atoms with Crippen LogP contribution in [0.2, 0.25) is 0 Å². The molecule has 0 aromatic carbocycles. The monoisotopic (exact) mass is 258 g/mol. The number of fused-ring (bicyclic) bond motifs is 1. The maximum Gasteiger partial charge on any atom is 0.137 e.